The van der Waals surface area contributed by atoms with Crippen LogP contribution in [0, 0.1) is 6.92 Å². The summed E-state index contributed by atoms with van der Waals surface area (Å²) in [6.07, 6.45) is 7.61. The molecule has 28 heavy (non-hydrogen) atoms. The van der Waals surface area contributed by atoms with E-state index < -0.39 is 0 Å². The van der Waals surface area contributed by atoms with Crippen LogP contribution in [-0.4, -0.2) is 46.4 Å². The predicted octanol–water partition coefficient (Wildman–Crippen LogP) is 3.26. The first-order chi connectivity index (χ1) is 13.4. The van der Waals surface area contributed by atoms with Crippen LogP contribution in [0.4, 0.5) is 5.69 Å². The smallest absolute Gasteiger partial charge is 0.173 e. The Kier molecular flexibility index (Phi) is 6.50. The van der Waals surface area contributed by atoms with Crippen LogP contribution in [0.15, 0.2) is 29.3 Å². The Labute approximate surface area is 178 Å². The second kappa shape index (κ2) is 8.87. The molecule has 0 fully saturated rings. The molecule has 8 nitrogen and oxygen atoms in total. The van der Waals surface area contributed by atoms with Crippen molar-refractivity contribution < 1.29 is 0 Å². The van der Waals surface area contributed by atoms with Crippen LogP contribution in [0.25, 0.3) is 0 Å². The third-order valence-electron chi connectivity index (χ3n) is 4.57. The highest BCUT2D eigenvalue weighted by Crippen LogP contribution is 2.17. The molecule has 0 radical (unpaired) electrons. The second-order valence-electron chi connectivity index (χ2n) is 6.56. The van der Waals surface area contributed by atoms with Gasteiger partial charge in [0.05, 0.1) is 41.3 Å². The van der Waals surface area contributed by atoms with E-state index in [0.717, 1.165) is 34.5 Å². The number of hydrogen-bond acceptors (Lipinski definition) is 4. The number of anilines is 1. The lowest BCUT2D eigenvalue weighted by molar-refractivity contribution is 0.491. The lowest BCUT2D eigenvalue weighted by Gasteiger charge is -2.19. The highest BCUT2D eigenvalue weighted by molar-refractivity contribution is 9.10. The summed E-state index contributed by atoms with van der Waals surface area (Å²) in [5.74, 6) is 0. The lowest BCUT2D eigenvalue weighted by atomic mass is 10.2. The number of halogens is 1. The van der Waals surface area contributed by atoms with Gasteiger partial charge in [0.2, 0.25) is 0 Å². The van der Waals surface area contributed by atoms with Crippen LogP contribution in [0.3, 0.4) is 0 Å². The molecule has 0 unspecified atom stereocenters. The number of aromatic nitrogens is 6. The van der Waals surface area contributed by atoms with Gasteiger partial charge in [0, 0.05) is 43.8 Å². The number of hydrogen-bond donors (Lipinski definition) is 1. The Bertz CT molecular complexity index is 957. The summed E-state index contributed by atoms with van der Waals surface area (Å²) in [6, 6.07) is 0. The average Bonchev–Trinajstić information content (AvgIpc) is 3.36. The third-order valence-corrected chi connectivity index (χ3v) is 5.64. The van der Waals surface area contributed by atoms with Gasteiger partial charge >= 0.3 is 0 Å². The van der Waals surface area contributed by atoms with Gasteiger partial charge in [0.1, 0.15) is 0 Å². The zero-order valence-corrected chi connectivity index (χ0v) is 19.0. The highest BCUT2D eigenvalue weighted by atomic mass is 79.9. The molecule has 10 heteroatoms. The number of nitrogens with zero attached hydrogens (tertiary/aromatic N) is 7. The number of aryl methyl sites for hydroxylation is 2. The van der Waals surface area contributed by atoms with Crippen molar-refractivity contribution in [2.45, 2.75) is 47.0 Å². The number of rotatable bonds is 7. The van der Waals surface area contributed by atoms with Crippen LogP contribution < -0.4 is 5.32 Å². The van der Waals surface area contributed by atoms with Gasteiger partial charge < -0.3 is 10.2 Å². The summed E-state index contributed by atoms with van der Waals surface area (Å²) >= 11 is 9.09. The maximum atomic E-state index is 5.53. The van der Waals surface area contributed by atoms with Gasteiger partial charge in [0.15, 0.2) is 5.11 Å². The zero-order valence-electron chi connectivity index (χ0n) is 16.6. The first-order valence-corrected chi connectivity index (χ1v) is 10.4. The summed E-state index contributed by atoms with van der Waals surface area (Å²) < 4.78 is 6.75. The maximum Gasteiger partial charge on any atom is 0.173 e. The molecule has 3 rings (SSSR count). The zero-order chi connectivity index (χ0) is 20.3. The van der Waals surface area contributed by atoms with E-state index in [-0.39, 0.29) is 0 Å². The molecule has 0 spiro atoms. The third kappa shape index (κ3) is 4.61. The van der Waals surface area contributed by atoms with Crippen molar-refractivity contribution in [1.29, 1.82) is 0 Å². The van der Waals surface area contributed by atoms with Gasteiger partial charge in [-0.1, -0.05) is 0 Å². The molecular weight excluding hydrogens is 440 g/mol. The number of nitrogens with one attached hydrogen (secondary N) is 1. The Morgan fingerprint density at radius 3 is 2.61 bits per heavy atom. The van der Waals surface area contributed by atoms with Crippen LogP contribution >= 0.6 is 28.1 Å². The molecule has 0 aliphatic heterocycles. The Morgan fingerprint density at radius 2 is 1.96 bits per heavy atom. The van der Waals surface area contributed by atoms with Crippen molar-refractivity contribution in [2.75, 3.05) is 12.4 Å². The predicted molar refractivity (Wildman–Crippen MR) is 117 cm³/mol. The van der Waals surface area contributed by atoms with E-state index in [1.807, 2.05) is 44.6 Å². The summed E-state index contributed by atoms with van der Waals surface area (Å²) in [4.78, 5) is 1.95. The van der Waals surface area contributed by atoms with E-state index in [9.17, 15) is 0 Å². The largest absolute Gasteiger partial charge is 0.346 e. The van der Waals surface area contributed by atoms with Crippen molar-refractivity contribution in [3.05, 3.63) is 46.2 Å². The Hall–Kier alpha value is -2.20. The van der Waals surface area contributed by atoms with Crippen LogP contribution in [0.5, 0.6) is 0 Å². The fourth-order valence-electron chi connectivity index (χ4n) is 2.87. The lowest BCUT2D eigenvalue weighted by Crippen LogP contribution is -2.30. The minimum atomic E-state index is 0.614. The van der Waals surface area contributed by atoms with Crippen LogP contribution in [0.1, 0.15) is 30.8 Å². The standard InChI is InChI=1S/C18H25BrN8S/c1-5-25-11-16(19)17(23-25)12-24(4)18(28)22-15-8-20-26(10-15)9-14-7-21-27(6-2)13(14)3/h7-8,10-11H,5-6,9,12H2,1-4H3,(H,22,28). The molecule has 1 N–H and O–H groups in total. The summed E-state index contributed by atoms with van der Waals surface area (Å²) in [5.41, 5.74) is 4.13. The van der Waals surface area contributed by atoms with Crippen molar-refractivity contribution in [1.82, 2.24) is 34.2 Å². The SMILES string of the molecule is CCn1cc(Br)c(CN(C)C(=S)Nc2cnn(Cc3cnn(CC)c3C)c2)n1. The summed E-state index contributed by atoms with van der Waals surface area (Å²) in [6.45, 7) is 9.22. The van der Waals surface area contributed by atoms with E-state index in [1.54, 1.807) is 6.20 Å². The molecular formula is C18H25BrN8S. The quantitative estimate of drug-likeness (QED) is 0.541. The molecule has 150 valence electrons. The second-order valence-corrected chi connectivity index (χ2v) is 7.80. The summed E-state index contributed by atoms with van der Waals surface area (Å²) in [5, 5.41) is 17.2. The summed E-state index contributed by atoms with van der Waals surface area (Å²) in [7, 11) is 1.94. The van der Waals surface area contributed by atoms with Crippen LogP contribution in [-0.2, 0) is 26.2 Å². The average molecular weight is 465 g/mol. The normalized spacial score (nSPS) is 11.0. The fourth-order valence-corrected chi connectivity index (χ4v) is 3.49. The molecule has 0 aliphatic rings. The van der Waals surface area contributed by atoms with Gasteiger partial charge in [-0.25, -0.2) is 0 Å². The molecule has 0 saturated carbocycles. The molecule has 3 aromatic rings. The van der Waals surface area contributed by atoms with Gasteiger partial charge in [-0.05, 0) is 48.9 Å². The van der Waals surface area contributed by atoms with Crippen molar-refractivity contribution in [3.63, 3.8) is 0 Å². The highest BCUT2D eigenvalue weighted by Gasteiger charge is 2.13. The number of thiocarbonyl (C=S) groups is 1. The molecule has 3 aromatic heterocycles. The van der Waals surface area contributed by atoms with Crippen molar-refractivity contribution >= 4 is 38.9 Å². The molecule has 3 heterocycles. The monoisotopic (exact) mass is 464 g/mol. The topological polar surface area (TPSA) is 68.7 Å². The van der Waals surface area contributed by atoms with E-state index in [2.05, 4.69) is 57.3 Å². The Balaban J connectivity index is 1.59. The van der Waals surface area contributed by atoms with Crippen molar-refractivity contribution in [2.24, 2.45) is 0 Å². The molecule has 0 saturated heterocycles. The Morgan fingerprint density at radius 1 is 1.18 bits per heavy atom. The molecule has 0 amide bonds. The maximum absolute atomic E-state index is 5.53. The minimum Gasteiger partial charge on any atom is -0.346 e. The molecule has 0 aliphatic carbocycles. The van der Waals surface area contributed by atoms with E-state index in [1.165, 1.54) is 5.69 Å². The van der Waals surface area contributed by atoms with E-state index >= 15 is 0 Å². The van der Waals surface area contributed by atoms with Crippen molar-refractivity contribution in [3.8, 4) is 0 Å². The first kappa shape index (κ1) is 20.5. The molecule has 0 atom stereocenters. The van der Waals surface area contributed by atoms with Gasteiger partial charge in [-0.3, -0.25) is 14.0 Å². The van der Waals surface area contributed by atoms with E-state index in [4.69, 9.17) is 12.2 Å². The molecule has 0 bridgehead atoms. The van der Waals surface area contributed by atoms with Gasteiger partial charge in [-0.2, -0.15) is 15.3 Å². The first-order valence-electron chi connectivity index (χ1n) is 9.18. The molecule has 0 aromatic carbocycles. The van der Waals surface area contributed by atoms with E-state index in [0.29, 0.717) is 18.2 Å². The van der Waals surface area contributed by atoms with Crippen LogP contribution in [0.2, 0.25) is 0 Å². The van der Waals surface area contributed by atoms with Gasteiger partial charge in [-0.15, -0.1) is 0 Å². The van der Waals surface area contributed by atoms with Gasteiger partial charge in [0.25, 0.3) is 0 Å². The fraction of sp³-hybridized carbons (Fsp3) is 0.444. The minimum absolute atomic E-state index is 0.614.